The predicted octanol–water partition coefficient (Wildman–Crippen LogP) is 1.89. The Kier molecular flexibility index (Phi) is 6.32. The Morgan fingerprint density at radius 2 is 2.36 bits per heavy atom. The fourth-order valence-corrected chi connectivity index (χ4v) is 2.01. The Balaban J connectivity index is 2.11. The number of alkyl halides is 1. The lowest BCUT2D eigenvalue weighted by Crippen LogP contribution is -2.40. The van der Waals surface area contributed by atoms with Gasteiger partial charge in [0, 0.05) is 20.2 Å². The van der Waals surface area contributed by atoms with Crippen LogP contribution in [0.15, 0.2) is 0 Å². The normalized spacial score (nSPS) is 26.4. The summed E-state index contributed by atoms with van der Waals surface area (Å²) in [7, 11) is 1.80. The van der Waals surface area contributed by atoms with Gasteiger partial charge in [-0.15, -0.1) is 0 Å². The van der Waals surface area contributed by atoms with Gasteiger partial charge in [0.2, 0.25) is 0 Å². The molecule has 4 heteroatoms. The fourth-order valence-electron chi connectivity index (χ4n) is 1.75. The van der Waals surface area contributed by atoms with Crippen LogP contribution in [0.2, 0.25) is 0 Å². The molecule has 0 aromatic carbocycles. The van der Waals surface area contributed by atoms with Crippen molar-refractivity contribution in [3.63, 3.8) is 0 Å². The Labute approximate surface area is 100 Å². The quantitative estimate of drug-likeness (QED) is 0.571. The van der Waals surface area contributed by atoms with Gasteiger partial charge in [0.05, 0.1) is 12.7 Å². The van der Waals surface area contributed by atoms with E-state index in [1.807, 2.05) is 0 Å². The molecular formula is C10H20INO2. The van der Waals surface area contributed by atoms with Crippen molar-refractivity contribution in [2.75, 3.05) is 33.4 Å². The zero-order chi connectivity index (χ0) is 10.4. The average Bonchev–Trinajstić information content (AvgIpc) is 2.18. The molecule has 0 aliphatic carbocycles. The standard InChI is InChI=1S/C10H20INO2/c1-9(11)14-7-6-12-5-3-4-10(8-12)13-2/h9-10H,3-8H2,1-2H3. The van der Waals surface area contributed by atoms with Crippen LogP contribution in [-0.2, 0) is 9.47 Å². The summed E-state index contributed by atoms with van der Waals surface area (Å²) in [6.07, 6.45) is 2.88. The third-order valence-corrected chi connectivity index (χ3v) is 2.91. The molecule has 2 atom stereocenters. The minimum absolute atomic E-state index is 0.315. The molecule has 1 heterocycles. The van der Waals surface area contributed by atoms with Crippen LogP contribution in [0.25, 0.3) is 0 Å². The van der Waals surface area contributed by atoms with E-state index in [0.717, 1.165) is 19.7 Å². The molecule has 84 valence electrons. The maximum absolute atomic E-state index is 5.52. The van der Waals surface area contributed by atoms with Gasteiger partial charge in [0.1, 0.15) is 4.11 Å². The lowest BCUT2D eigenvalue weighted by Gasteiger charge is -2.31. The van der Waals surface area contributed by atoms with Crippen LogP contribution in [0, 0.1) is 0 Å². The molecule has 0 spiro atoms. The molecule has 0 aromatic heterocycles. The molecule has 0 saturated carbocycles. The van der Waals surface area contributed by atoms with Crippen molar-refractivity contribution in [2.45, 2.75) is 30.0 Å². The number of hydrogen-bond donors (Lipinski definition) is 0. The van der Waals surface area contributed by atoms with Crippen LogP contribution >= 0.6 is 22.6 Å². The zero-order valence-electron chi connectivity index (χ0n) is 9.04. The summed E-state index contributed by atoms with van der Waals surface area (Å²) < 4.78 is 11.2. The second kappa shape index (κ2) is 6.98. The first kappa shape index (κ1) is 12.7. The molecule has 14 heavy (non-hydrogen) atoms. The molecule has 1 aliphatic heterocycles. The van der Waals surface area contributed by atoms with Gasteiger partial charge < -0.3 is 9.47 Å². The number of nitrogens with zero attached hydrogens (tertiary/aromatic N) is 1. The SMILES string of the molecule is COC1CCCN(CCOC(C)I)C1. The van der Waals surface area contributed by atoms with Gasteiger partial charge in [-0.05, 0) is 26.3 Å². The van der Waals surface area contributed by atoms with E-state index in [1.54, 1.807) is 7.11 Å². The molecule has 0 radical (unpaired) electrons. The molecule has 0 bridgehead atoms. The van der Waals surface area contributed by atoms with Crippen molar-refractivity contribution < 1.29 is 9.47 Å². The lowest BCUT2D eigenvalue weighted by atomic mass is 10.1. The van der Waals surface area contributed by atoms with Gasteiger partial charge in [-0.1, -0.05) is 22.6 Å². The van der Waals surface area contributed by atoms with Gasteiger partial charge in [0.25, 0.3) is 0 Å². The van der Waals surface area contributed by atoms with E-state index in [9.17, 15) is 0 Å². The first-order valence-corrected chi connectivity index (χ1v) is 6.47. The third kappa shape index (κ3) is 4.91. The molecule has 3 nitrogen and oxygen atoms in total. The number of piperidine rings is 1. The summed E-state index contributed by atoms with van der Waals surface area (Å²) in [4.78, 5) is 2.43. The summed E-state index contributed by atoms with van der Waals surface area (Å²) >= 11 is 2.28. The van der Waals surface area contributed by atoms with E-state index in [4.69, 9.17) is 9.47 Å². The zero-order valence-corrected chi connectivity index (χ0v) is 11.2. The van der Waals surface area contributed by atoms with Gasteiger partial charge in [-0.2, -0.15) is 0 Å². The van der Waals surface area contributed by atoms with Gasteiger partial charge in [-0.25, -0.2) is 0 Å². The summed E-state index contributed by atoms with van der Waals surface area (Å²) in [6, 6.07) is 0. The maximum atomic E-state index is 5.52. The highest BCUT2D eigenvalue weighted by Gasteiger charge is 2.18. The van der Waals surface area contributed by atoms with E-state index < -0.39 is 0 Å². The van der Waals surface area contributed by atoms with E-state index in [1.165, 1.54) is 19.4 Å². The van der Waals surface area contributed by atoms with E-state index in [-0.39, 0.29) is 0 Å². The minimum atomic E-state index is 0.315. The van der Waals surface area contributed by atoms with Crippen molar-refractivity contribution >= 4 is 22.6 Å². The Morgan fingerprint density at radius 3 is 3.00 bits per heavy atom. The number of rotatable bonds is 5. The summed E-state index contributed by atoms with van der Waals surface area (Å²) in [5.41, 5.74) is 0. The highest BCUT2D eigenvalue weighted by Crippen LogP contribution is 2.12. The second-order valence-corrected chi connectivity index (χ2v) is 5.47. The van der Waals surface area contributed by atoms with Gasteiger partial charge in [-0.3, -0.25) is 4.90 Å². The number of ether oxygens (including phenoxy) is 2. The molecule has 1 aliphatic rings. The first-order valence-electron chi connectivity index (χ1n) is 5.23. The molecular weight excluding hydrogens is 293 g/mol. The number of halogens is 1. The lowest BCUT2D eigenvalue weighted by molar-refractivity contribution is 0.0178. The third-order valence-electron chi connectivity index (χ3n) is 2.55. The van der Waals surface area contributed by atoms with E-state index in [2.05, 4.69) is 34.4 Å². The van der Waals surface area contributed by atoms with Crippen molar-refractivity contribution in [3.05, 3.63) is 0 Å². The van der Waals surface area contributed by atoms with Crippen LogP contribution in [0.4, 0.5) is 0 Å². The monoisotopic (exact) mass is 313 g/mol. The summed E-state index contributed by atoms with van der Waals surface area (Å²) in [5, 5.41) is 0. The minimum Gasteiger partial charge on any atom is -0.380 e. The maximum Gasteiger partial charge on any atom is 0.106 e. The highest BCUT2D eigenvalue weighted by molar-refractivity contribution is 14.1. The topological polar surface area (TPSA) is 21.7 Å². The Hall–Kier alpha value is 0.610. The predicted molar refractivity (Wildman–Crippen MR) is 65.9 cm³/mol. The van der Waals surface area contributed by atoms with Gasteiger partial charge in [0.15, 0.2) is 0 Å². The van der Waals surface area contributed by atoms with E-state index >= 15 is 0 Å². The van der Waals surface area contributed by atoms with Crippen molar-refractivity contribution in [2.24, 2.45) is 0 Å². The summed E-state index contributed by atoms with van der Waals surface area (Å²) in [5.74, 6) is 0. The molecule has 0 N–H and O–H groups in total. The Bertz CT molecular complexity index is 155. The molecule has 2 unspecified atom stereocenters. The number of likely N-dealkylation sites (tertiary alicyclic amines) is 1. The van der Waals surface area contributed by atoms with Crippen LogP contribution in [0.1, 0.15) is 19.8 Å². The molecule has 1 fully saturated rings. The van der Waals surface area contributed by atoms with Crippen LogP contribution in [0.3, 0.4) is 0 Å². The average molecular weight is 313 g/mol. The highest BCUT2D eigenvalue weighted by atomic mass is 127. The van der Waals surface area contributed by atoms with Gasteiger partial charge >= 0.3 is 0 Å². The summed E-state index contributed by atoms with van der Waals surface area (Å²) in [6.45, 7) is 6.19. The van der Waals surface area contributed by atoms with Crippen molar-refractivity contribution in [3.8, 4) is 0 Å². The number of methoxy groups -OCH3 is 1. The molecule has 0 aromatic rings. The smallest absolute Gasteiger partial charge is 0.106 e. The van der Waals surface area contributed by atoms with Crippen LogP contribution in [-0.4, -0.2) is 48.5 Å². The number of hydrogen-bond acceptors (Lipinski definition) is 3. The second-order valence-electron chi connectivity index (χ2n) is 3.71. The largest absolute Gasteiger partial charge is 0.380 e. The van der Waals surface area contributed by atoms with E-state index in [0.29, 0.717) is 10.2 Å². The first-order chi connectivity index (χ1) is 6.72. The molecule has 1 rings (SSSR count). The van der Waals surface area contributed by atoms with Crippen molar-refractivity contribution in [1.82, 2.24) is 4.90 Å². The Morgan fingerprint density at radius 1 is 1.57 bits per heavy atom. The fraction of sp³-hybridized carbons (Fsp3) is 1.00. The van der Waals surface area contributed by atoms with Crippen molar-refractivity contribution in [1.29, 1.82) is 0 Å². The molecule has 1 saturated heterocycles. The van der Waals surface area contributed by atoms with Crippen LogP contribution in [0.5, 0.6) is 0 Å². The van der Waals surface area contributed by atoms with Crippen LogP contribution < -0.4 is 0 Å². The molecule has 0 amide bonds.